The molecule has 1 aromatic heterocycles. The van der Waals surface area contributed by atoms with Crippen molar-refractivity contribution in [2.75, 3.05) is 11.5 Å². The van der Waals surface area contributed by atoms with Crippen LogP contribution in [0.5, 0.6) is 0 Å². The number of benzene rings is 2. The van der Waals surface area contributed by atoms with E-state index in [1.54, 1.807) is 0 Å². The van der Waals surface area contributed by atoms with Gasteiger partial charge in [0.25, 0.3) is 0 Å². The molecule has 0 aliphatic heterocycles. The molecular weight excluding hydrogens is 269 g/mol. The highest BCUT2D eigenvalue weighted by molar-refractivity contribution is 5.91. The molecule has 3 aromatic rings. The minimum Gasteiger partial charge on any atom is -0.399 e. The third-order valence-corrected chi connectivity index (χ3v) is 2.73. The Labute approximate surface area is 117 Å². The normalized spacial score (nSPS) is 9.78. The molecule has 3 nitrogen and oxygen atoms in total. The van der Waals surface area contributed by atoms with E-state index in [1.807, 2.05) is 36.4 Å². The summed E-state index contributed by atoms with van der Waals surface area (Å²) < 4.78 is 0. The molecule has 0 unspecified atom stereocenters. The molecule has 1 heterocycles. The fraction of sp³-hybridized carbons (Fsp3) is 0. The molecule has 5 heteroatoms. The van der Waals surface area contributed by atoms with Crippen LogP contribution in [0.15, 0.2) is 42.5 Å². The van der Waals surface area contributed by atoms with Gasteiger partial charge in [0, 0.05) is 34.3 Å². The number of aromatic amines is 1. The molecule has 0 saturated carbocycles. The zero-order valence-corrected chi connectivity index (χ0v) is 11.1. The fourth-order valence-corrected chi connectivity index (χ4v) is 1.94. The summed E-state index contributed by atoms with van der Waals surface area (Å²) in [6, 6.07) is 13.8. The number of nitrogen functional groups attached to an aromatic ring is 2. The summed E-state index contributed by atoms with van der Waals surface area (Å²) in [6.45, 7) is 0. The first-order chi connectivity index (χ1) is 7.72. The van der Waals surface area contributed by atoms with Crippen molar-refractivity contribution in [3.8, 4) is 0 Å². The van der Waals surface area contributed by atoms with Crippen LogP contribution < -0.4 is 16.5 Å². The second-order valence-electron chi connectivity index (χ2n) is 3.96. The SMILES string of the molecule is Cl.Cl.Nc1ccc2[nH+]c3ccc(N)cc3cc2c1. The molecule has 0 saturated heterocycles. The number of hydrogen-bond acceptors (Lipinski definition) is 2. The van der Waals surface area contributed by atoms with Gasteiger partial charge in [0.05, 0.1) is 0 Å². The first-order valence-electron chi connectivity index (χ1n) is 5.13. The zero-order chi connectivity index (χ0) is 11.1. The molecule has 18 heavy (non-hydrogen) atoms. The van der Waals surface area contributed by atoms with Crippen LogP contribution in [0.2, 0.25) is 0 Å². The minimum atomic E-state index is 0. The third kappa shape index (κ3) is 2.42. The predicted molar refractivity (Wildman–Crippen MR) is 81.3 cm³/mol. The summed E-state index contributed by atoms with van der Waals surface area (Å²) in [5.74, 6) is 0. The second kappa shape index (κ2) is 5.29. The largest absolute Gasteiger partial charge is 0.399 e. The summed E-state index contributed by atoms with van der Waals surface area (Å²) in [4.78, 5) is 3.35. The van der Waals surface area contributed by atoms with Gasteiger partial charge in [-0.25, -0.2) is 4.98 Å². The van der Waals surface area contributed by atoms with Crippen LogP contribution in [0.4, 0.5) is 11.4 Å². The average Bonchev–Trinajstić information content (AvgIpc) is 2.26. The van der Waals surface area contributed by atoms with Crippen molar-refractivity contribution < 1.29 is 4.98 Å². The van der Waals surface area contributed by atoms with E-state index in [0.717, 1.165) is 33.2 Å². The molecule has 0 spiro atoms. The van der Waals surface area contributed by atoms with Crippen LogP contribution in [-0.4, -0.2) is 0 Å². The Morgan fingerprint density at radius 3 is 1.56 bits per heavy atom. The highest BCUT2D eigenvalue weighted by atomic mass is 35.5. The standard InChI is InChI=1S/C13H11N3.2ClH/c14-10-1-3-12-8(6-10)5-9-7-11(15)2-4-13(9)16-12;;/h1-7H,14-15H2;2*1H/p+1. The van der Waals surface area contributed by atoms with Crippen LogP contribution in [-0.2, 0) is 0 Å². The molecule has 5 N–H and O–H groups in total. The maximum Gasteiger partial charge on any atom is 0.211 e. The van der Waals surface area contributed by atoms with Crippen LogP contribution in [0.1, 0.15) is 0 Å². The number of nitrogens with one attached hydrogen (secondary N) is 1. The molecule has 0 radical (unpaired) electrons. The van der Waals surface area contributed by atoms with E-state index in [-0.39, 0.29) is 24.8 Å². The number of aromatic nitrogens is 1. The lowest BCUT2D eigenvalue weighted by Crippen LogP contribution is -2.05. The Kier molecular flexibility index (Phi) is 4.22. The van der Waals surface area contributed by atoms with E-state index in [4.69, 9.17) is 11.5 Å². The monoisotopic (exact) mass is 282 g/mol. The Balaban J connectivity index is 0.000000810. The number of fused-ring (bicyclic) bond motifs is 2. The molecule has 0 atom stereocenters. The van der Waals surface area contributed by atoms with E-state index in [0.29, 0.717) is 0 Å². The van der Waals surface area contributed by atoms with Crippen molar-refractivity contribution in [2.24, 2.45) is 0 Å². The maximum absolute atomic E-state index is 5.76. The first-order valence-corrected chi connectivity index (χ1v) is 5.13. The van der Waals surface area contributed by atoms with Crippen LogP contribution in [0.3, 0.4) is 0 Å². The number of rotatable bonds is 0. The van der Waals surface area contributed by atoms with Gasteiger partial charge in [-0.15, -0.1) is 24.8 Å². The van der Waals surface area contributed by atoms with E-state index < -0.39 is 0 Å². The summed E-state index contributed by atoms with van der Waals surface area (Å²) in [5, 5.41) is 2.19. The Morgan fingerprint density at radius 2 is 1.11 bits per heavy atom. The molecule has 0 amide bonds. The van der Waals surface area contributed by atoms with Crippen molar-refractivity contribution in [3.63, 3.8) is 0 Å². The molecule has 3 rings (SSSR count). The first kappa shape index (κ1) is 14.4. The molecule has 0 aliphatic carbocycles. The lowest BCUT2D eigenvalue weighted by Gasteiger charge is -1.98. The van der Waals surface area contributed by atoms with Crippen molar-refractivity contribution in [1.82, 2.24) is 0 Å². The van der Waals surface area contributed by atoms with Gasteiger partial charge >= 0.3 is 0 Å². The van der Waals surface area contributed by atoms with E-state index >= 15 is 0 Å². The highest BCUT2D eigenvalue weighted by Crippen LogP contribution is 2.20. The maximum atomic E-state index is 5.76. The Morgan fingerprint density at radius 1 is 0.667 bits per heavy atom. The number of anilines is 2. The Hall–Kier alpha value is -1.71. The summed E-state index contributed by atoms with van der Waals surface area (Å²) in [7, 11) is 0. The summed E-state index contributed by atoms with van der Waals surface area (Å²) >= 11 is 0. The average molecular weight is 283 g/mol. The quantitative estimate of drug-likeness (QED) is 0.492. The van der Waals surface area contributed by atoms with Gasteiger partial charge in [-0.3, -0.25) is 0 Å². The smallest absolute Gasteiger partial charge is 0.211 e. The van der Waals surface area contributed by atoms with Crippen molar-refractivity contribution in [2.45, 2.75) is 0 Å². The van der Waals surface area contributed by atoms with Crippen molar-refractivity contribution in [3.05, 3.63) is 42.5 Å². The van der Waals surface area contributed by atoms with E-state index in [2.05, 4.69) is 11.1 Å². The van der Waals surface area contributed by atoms with Gasteiger partial charge < -0.3 is 11.5 Å². The molecule has 0 bridgehead atoms. The molecule has 94 valence electrons. The van der Waals surface area contributed by atoms with Crippen LogP contribution in [0, 0.1) is 0 Å². The number of H-pyrrole nitrogens is 1. The van der Waals surface area contributed by atoms with Gasteiger partial charge in [0.2, 0.25) is 11.0 Å². The number of hydrogen-bond donors (Lipinski definition) is 2. The number of nitrogens with two attached hydrogens (primary N) is 2. The fourth-order valence-electron chi connectivity index (χ4n) is 1.94. The van der Waals surface area contributed by atoms with Gasteiger partial charge in [0.1, 0.15) is 0 Å². The molecule has 0 fully saturated rings. The van der Waals surface area contributed by atoms with Gasteiger partial charge in [0.15, 0.2) is 0 Å². The topological polar surface area (TPSA) is 66.2 Å². The summed E-state index contributed by atoms with van der Waals surface area (Å²) in [5.41, 5.74) is 15.2. The zero-order valence-electron chi connectivity index (χ0n) is 9.51. The lowest BCUT2D eigenvalue weighted by atomic mass is 10.1. The van der Waals surface area contributed by atoms with Crippen LogP contribution >= 0.6 is 24.8 Å². The van der Waals surface area contributed by atoms with Crippen LogP contribution in [0.25, 0.3) is 21.8 Å². The van der Waals surface area contributed by atoms with E-state index in [1.165, 1.54) is 0 Å². The lowest BCUT2D eigenvalue weighted by molar-refractivity contribution is -0.310. The predicted octanol–water partition coefficient (Wildman–Crippen LogP) is 2.82. The van der Waals surface area contributed by atoms with E-state index in [9.17, 15) is 0 Å². The molecular formula is C13H14Cl2N3+. The highest BCUT2D eigenvalue weighted by Gasteiger charge is 2.06. The van der Waals surface area contributed by atoms with Crippen molar-refractivity contribution >= 4 is 58.0 Å². The van der Waals surface area contributed by atoms with Gasteiger partial charge in [-0.05, 0) is 30.3 Å². The van der Waals surface area contributed by atoms with Crippen molar-refractivity contribution in [1.29, 1.82) is 0 Å². The Bertz CT molecular complexity index is 641. The summed E-state index contributed by atoms with van der Waals surface area (Å²) in [6.07, 6.45) is 0. The minimum absolute atomic E-state index is 0. The third-order valence-electron chi connectivity index (χ3n) is 2.73. The number of halogens is 2. The van der Waals surface area contributed by atoms with Gasteiger partial charge in [-0.2, -0.15) is 0 Å². The second-order valence-corrected chi connectivity index (χ2v) is 3.96. The molecule has 0 aliphatic rings. The van der Waals surface area contributed by atoms with Gasteiger partial charge in [-0.1, -0.05) is 0 Å². The number of pyridine rings is 1. The molecule has 2 aromatic carbocycles.